The normalized spacial score (nSPS) is 34.8. The van der Waals surface area contributed by atoms with Crippen LogP contribution < -0.4 is 5.73 Å². The molecule has 0 aliphatic heterocycles. The Morgan fingerprint density at radius 1 is 1.19 bits per heavy atom. The van der Waals surface area contributed by atoms with Gasteiger partial charge in [-0.15, -0.1) is 0 Å². The Bertz CT molecular complexity index is 421. The van der Waals surface area contributed by atoms with Crippen LogP contribution in [0.1, 0.15) is 44.2 Å². The molecule has 1 nitrogen and oxygen atoms in total. The largest absolute Gasteiger partial charge is 0.330 e. The predicted molar refractivity (Wildman–Crippen MR) is 67.5 cm³/mol. The number of fused-ring (bicyclic) bond motifs is 2. The second-order valence-electron chi connectivity index (χ2n) is 6.22. The fraction of sp³-hybridized carbons (Fsp3) is 0.600. The Balaban J connectivity index is 2.11. The zero-order chi connectivity index (χ0) is 11.4. The second kappa shape index (κ2) is 3.10. The van der Waals surface area contributed by atoms with Crippen molar-refractivity contribution in [3.8, 4) is 0 Å². The van der Waals surface area contributed by atoms with Crippen LogP contribution in [0.2, 0.25) is 0 Å². The molecule has 3 rings (SSSR count). The molecule has 0 heterocycles. The summed E-state index contributed by atoms with van der Waals surface area (Å²) in [6.45, 7) is 5.60. The first-order valence-electron chi connectivity index (χ1n) is 6.40. The van der Waals surface area contributed by atoms with Gasteiger partial charge in [0.25, 0.3) is 0 Å². The van der Waals surface area contributed by atoms with E-state index in [-0.39, 0.29) is 0 Å². The van der Waals surface area contributed by atoms with Crippen LogP contribution in [-0.4, -0.2) is 6.54 Å². The number of nitrogens with two attached hydrogens (primary N) is 1. The van der Waals surface area contributed by atoms with Crippen LogP contribution in [-0.2, 0) is 10.8 Å². The van der Waals surface area contributed by atoms with Crippen LogP contribution in [0.5, 0.6) is 0 Å². The molecule has 1 fully saturated rings. The van der Waals surface area contributed by atoms with Gasteiger partial charge in [0.15, 0.2) is 0 Å². The van der Waals surface area contributed by atoms with Crippen molar-refractivity contribution in [3.05, 3.63) is 35.4 Å². The first-order chi connectivity index (χ1) is 7.60. The van der Waals surface area contributed by atoms with Crippen molar-refractivity contribution in [2.75, 3.05) is 6.54 Å². The minimum atomic E-state index is 0.351. The molecular weight excluding hydrogens is 194 g/mol. The molecule has 86 valence electrons. The Kier molecular flexibility index (Phi) is 2.00. The SMILES string of the molecule is CC1(C)CCC2(CC2CN)c2ccccc21. The van der Waals surface area contributed by atoms with Crippen molar-refractivity contribution in [3.63, 3.8) is 0 Å². The van der Waals surface area contributed by atoms with Gasteiger partial charge in [0.1, 0.15) is 0 Å². The second-order valence-corrected chi connectivity index (χ2v) is 6.22. The molecule has 1 aromatic carbocycles. The summed E-state index contributed by atoms with van der Waals surface area (Å²) in [5.74, 6) is 0.741. The van der Waals surface area contributed by atoms with Crippen molar-refractivity contribution in [2.45, 2.75) is 43.9 Å². The van der Waals surface area contributed by atoms with E-state index in [0.29, 0.717) is 10.8 Å². The molecular formula is C15H21N. The van der Waals surface area contributed by atoms with E-state index in [2.05, 4.69) is 38.1 Å². The van der Waals surface area contributed by atoms with Gasteiger partial charge in [0.05, 0.1) is 0 Å². The van der Waals surface area contributed by atoms with E-state index < -0.39 is 0 Å². The highest BCUT2D eigenvalue weighted by molar-refractivity contribution is 5.46. The summed E-state index contributed by atoms with van der Waals surface area (Å²) >= 11 is 0. The summed E-state index contributed by atoms with van der Waals surface area (Å²) in [6.07, 6.45) is 3.95. The Morgan fingerprint density at radius 3 is 2.50 bits per heavy atom. The van der Waals surface area contributed by atoms with Crippen LogP contribution in [0.3, 0.4) is 0 Å². The van der Waals surface area contributed by atoms with Gasteiger partial charge in [-0.25, -0.2) is 0 Å². The fourth-order valence-corrected chi connectivity index (χ4v) is 3.64. The maximum atomic E-state index is 5.86. The molecule has 2 N–H and O–H groups in total. The lowest BCUT2D eigenvalue weighted by atomic mass is 9.66. The summed E-state index contributed by atoms with van der Waals surface area (Å²) in [4.78, 5) is 0. The fourth-order valence-electron chi connectivity index (χ4n) is 3.64. The topological polar surface area (TPSA) is 26.0 Å². The molecule has 0 amide bonds. The highest BCUT2D eigenvalue weighted by Crippen LogP contribution is 2.62. The predicted octanol–water partition coefficient (Wildman–Crippen LogP) is 2.97. The van der Waals surface area contributed by atoms with Crippen molar-refractivity contribution >= 4 is 0 Å². The molecule has 0 aromatic heterocycles. The molecule has 2 aliphatic carbocycles. The average Bonchev–Trinajstić information content (AvgIpc) is 3.00. The van der Waals surface area contributed by atoms with Gasteiger partial charge in [0.2, 0.25) is 0 Å². The Hall–Kier alpha value is -0.820. The van der Waals surface area contributed by atoms with Crippen molar-refractivity contribution in [2.24, 2.45) is 11.7 Å². The van der Waals surface area contributed by atoms with E-state index in [4.69, 9.17) is 5.73 Å². The molecule has 0 bridgehead atoms. The molecule has 1 spiro atoms. The van der Waals surface area contributed by atoms with Crippen molar-refractivity contribution in [1.82, 2.24) is 0 Å². The molecule has 2 aliphatic rings. The molecule has 0 saturated heterocycles. The van der Waals surface area contributed by atoms with Gasteiger partial charge in [-0.05, 0) is 48.3 Å². The standard InChI is InChI=1S/C15H21N/c1-14(2)7-8-15(9-11(15)10-16)13-6-4-3-5-12(13)14/h3-6,11H,7-10,16H2,1-2H3. The van der Waals surface area contributed by atoms with Gasteiger partial charge < -0.3 is 5.73 Å². The summed E-state index contributed by atoms with van der Waals surface area (Å²) in [6, 6.07) is 9.03. The summed E-state index contributed by atoms with van der Waals surface area (Å²) < 4.78 is 0. The van der Waals surface area contributed by atoms with E-state index in [9.17, 15) is 0 Å². The summed E-state index contributed by atoms with van der Waals surface area (Å²) in [7, 11) is 0. The van der Waals surface area contributed by atoms with Crippen LogP contribution >= 0.6 is 0 Å². The van der Waals surface area contributed by atoms with Gasteiger partial charge in [0, 0.05) is 5.41 Å². The third-order valence-corrected chi connectivity index (χ3v) is 4.91. The first-order valence-corrected chi connectivity index (χ1v) is 6.40. The molecule has 1 aromatic rings. The Labute approximate surface area is 98.0 Å². The number of rotatable bonds is 1. The lowest BCUT2D eigenvalue weighted by Crippen LogP contribution is -2.31. The third-order valence-electron chi connectivity index (χ3n) is 4.91. The minimum Gasteiger partial charge on any atom is -0.330 e. The molecule has 0 radical (unpaired) electrons. The maximum Gasteiger partial charge on any atom is 0.0000244 e. The first kappa shape index (κ1) is 10.3. The number of hydrogen-bond acceptors (Lipinski definition) is 1. The van der Waals surface area contributed by atoms with Crippen molar-refractivity contribution in [1.29, 1.82) is 0 Å². The zero-order valence-corrected chi connectivity index (χ0v) is 10.3. The quantitative estimate of drug-likeness (QED) is 0.765. The lowest BCUT2D eigenvalue weighted by Gasteiger charge is -2.38. The lowest BCUT2D eigenvalue weighted by molar-refractivity contribution is 0.368. The monoisotopic (exact) mass is 215 g/mol. The van der Waals surface area contributed by atoms with E-state index in [1.807, 2.05) is 0 Å². The summed E-state index contributed by atoms with van der Waals surface area (Å²) in [5, 5.41) is 0. The van der Waals surface area contributed by atoms with Crippen molar-refractivity contribution < 1.29 is 0 Å². The Morgan fingerprint density at radius 2 is 1.88 bits per heavy atom. The molecule has 2 atom stereocenters. The van der Waals surface area contributed by atoms with Gasteiger partial charge in [-0.3, -0.25) is 0 Å². The maximum absolute atomic E-state index is 5.86. The highest BCUT2D eigenvalue weighted by atomic mass is 14.7. The van der Waals surface area contributed by atoms with Crippen LogP contribution in [0, 0.1) is 5.92 Å². The third kappa shape index (κ3) is 1.21. The van der Waals surface area contributed by atoms with E-state index >= 15 is 0 Å². The van der Waals surface area contributed by atoms with Crippen LogP contribution in [0.4, 0.5) is 0 Å². The smallest absolute Gasteiger partial charge is 0.0000244 e. The van der Waals surface area contributed by atoms with Crippen LogP contribution in [0.15, 0.2) is 24.3 Å². The van der Waals surface area contributed by atoms with Crippen LogP contribution in [0.25, 0.3) is 0 Å². The summed E-state index contributed by atoms with van der Waals surface area (Å²) in [5.41, 5.74) is 9.84. The minimum absolute atomic E-state index is 0.351. The van der Waals surface area contributed by atoms with E-state index in [1.165, 1.54) is 19.3 Å². The zero-order valence-electron chi connectivity index (χ0n) is 10.3. The molecule has 1 saturated carbocycles. The molecule has 2 unspecified atom stereocenters. The number of benzene rings is 1. The van der Waals surface area contributed by atoms with Gasteiger partial charge in [-0.2, -0.15) is 0 Å². The van der Waals surface area contributed by atoms with E-state index in [0.717, 1.165) is 12.5 Å². The molecule has 16 heavy (non-hydrogen) atoms. The number of hydrogen-bond donors (Lipinski definition) is 1. The highest BCUT2D eigenvalue weighted by Gasteiger charge is 2.57. The molecule has 1 heteroatoms. The van der Waals surface area contributed by atoms with Gasteiger partial charge >= 0.3 is 0 Å². The average molecular weight is 215 g/mol. The van der Waals surface area contributed by atoms with E-state index in [1.54, 1.807) is 11.1 Å². The van der Waals surface area contributed by atoms with Gasteiger partial charge in [-0.1, -0.05) is 38.1 Å².